The van der Waals surface area contributed by atoms with Crippen molar-refractivity contribution in [2.75, 3.05) is 11.5 Å². The van der Waals surface area contributed by atoms with Gasteiger partial charge in [0.1, 0.15) is 0 Å². The van der Waals surface area contributed by atoms with Crippen molar-refractivity contribution in [3.05, 3.63) is 11.1 Å². The Morgan fingerprint density at radius 1 is 1.00 bits per heavy atom. The van der Waals surface area contributed by atoms with Gasteiger partial charge in [-0.15, -0.1) is 0 Å². The third kappa shape index (κ3) is 3.34. The van der Waals surface area contributed by atoms with Crippen LogP contribution in [0.4, 0.5) is 0 Å². The monoisotopic (exact) mass is 258 g/mol. The molecule has 3 heteroatoms. The van der Waals surface area contributed by atoms with Crippen LogP contribution in [0.1, 0.15) is 41.5 Å². The third-order valence-corrected chi connectivity index (χ3v) is 5.32. The quantitative estimate of drug-likeness (QED) is 0.728. The van der Waals surface area contributed by atoms with E-state index in [1.165, 1.54) is 11.1 Å². The second-order valence-corrected chi connectivity index (χ2v) is 8.30. The Morgan fingerprint density at radius 2 is 1.53 bits per heavy atom. The van der Waals surface area contributed by atoms with Crippen LogP contribution >= 0.6 is 0 Å². The zero-order chi connectivity index (χ0) is 13.4. The molecular formula is C14H26O2S. The highest BCUT2D eigenvalue weighted by Crippen LogP contribution is 2.37. The molecule has 0 spiro atoms. The molecule has 1 heterocycles. The van der Waals surface area contributed by atoms with Crippen molar-refractivity contribution in [2.45, 2.75) is 41.5 Å². The summed E-state index contributed by atoms with van der Waals surface area (Å²) in [5.74, 6) is 2.02. The predicted molar refractivity (Wildman–Crippen MR) is 73.7 cm³/mol. The van der Waals surface area contributed by atoms with Crippen LogP contribution in [0, 0.1) is 23.7 Å². The predicted octanol–water partition coefficient (Wildman–Crippen LogP) is 3.30. The van der Waals surface area contributed by atoms with E-state index < -0.39 is 9.84 Å². The van der Waals surface area contributed by atoms with E-state index in [9.17, 15) is 8.42 Å². The van der Waals surface area contributed by atoms with Crippen molar-refractivity contribution >= 4 is 9.84 Å². The molecular weight excluding hydrogens is 232 g/mol. The van der Waals surface area contributed by atoms with Gasteiger partial charge in [0, 0.05) is 0 Å². The van der Waals surface area contributed by atoms with Crippen molar-refractivity contribution < 1.29 is 8.42 Å². The van der Waals surface area contributed by atoms with Gasteiger partial charge in [0.25, 0.3) is 0 Å². The highest BCUT2D eigenvalue weighted by molar-refractivity contribution is 7.91. The Labute approximate surface area is 106 Å². The first-order chi connectivity index (χ1) is 7.65. The summed E-state index contributed by atoms with van der Waals surface area (Å²) in [7, 11) is -2.90. The Morgan fingerprint density at radius 3 is 1.88 bits per heavy atom. The van der Waals surface area contributed by atoms with E-state index in [1.54, 1.807) is 0 Å². The van der Waals surface area contributed by atoms with E-state index >= 15 is 0 Å². The van der Waals surface area contributed by atoms with Crippen LogP contribution in [-0.4, -0.2) is 19.9 Å². The zero-order valence-corrected chi connectivity index (χ0v) is 12.8. The highest BCUT2D eigenvalue weighted by Gasteiger charge is 2.35. The van der Waals surface area contributed by atoms with Gasteiger partial charge in [0.15, 0.2) is 9.84 Å². The Balaban J connectivity index is 3.34. The Hall–Kier alpha value is -0.310. The van der Waals surface area contributed by atoms with E-state index in [-0.39, 0.29) is 11.7 Å². The van der Waals surface area contributed by atoms with Crippen molar-refractivity contribution in [1.82, 2.24) is 0 Å². The standard InChI is InChI=1S/C14H26O2S/c1-9(2)12-7-17(15,16)8-13(10(3)4)14(12)11(5)6/h9-12H,7-8H2,1-6H3. The van der Waals surface area contributed by atoms with Gasteiger partial charge >= 0.3 is 0 Å². The minimum atomic E-state index is -2.90. The number of allylic oxidation sites excluding steroid dienone is 1. The summed E-state index contributed by atoms with van der Waals surface area (Å²) >= 11 is 0. The molecule has 100 valence electrons. The molecule has 0 fully saturated rings. The molecule has 1 aliphatic heterocycles. The van der Waals surface area contributed by atoms with Gasteiger partial charge in [-0.3, -0.25) is 0 Å². The number of rotatable bonds is 3. The van der Waals surface area contributed by atoms with Gasteiger partial charge in [0.2, 0.25) is 0 Å². The summed E-state index contributed by atoms with van der Waals surface area (Å²) in [4.78, 5) is 0. The van der Waals surface area contributed by atoms with Crippen LogP contribution in [-0.2, 0) is 9.84 Å². The Bertz CT molecular complexity index is 400. The lowest BCUT2D eigenvalue weighted by atomic mass is 9.78. The molecule has 17 heavy (non-hydrogen) atoms. The van der Waals surface area contributed by atoms with Gasteiger partial charge in [0.05, 0.1) is 11.5 Å². The van der Waals surface area contributed by atoms with E-state index in [1.807, 2.05) is 0 Å². The van der Waals surface area contributed by atoms with Gasteiger partial charge < -0.3 is 0 Å². The van der Waals surface area contributed by atoms with Gasteiger partial charge in [-0.25, -0.2) is 8.42 Å². The summed E-state index contributed by atoms with van der Waals surface area (Å²) in [5.41, 5.74) is 2.58. The summed E-state index contributed by atoms with van der Waals surface area (Å²) in [6.45, 7) is 12.8. The van der Waals surface area contributed by atoms with Crippen LogP contribution in [0.5, 0.6) is 0 Å². The van der Waals surface area contributed by atoms with E-state index in [2.05, 4.69) is 41.5 Å². The molecule has 0 aliphatic carbocycles. The van der Waals surface area contributed by atoms with Crippen molar-refractivity contribution in [2.24, 2.45) is 23.7 Å². The number of hydrogen-bond acceptors (Lipinski definition) is 2. The lowest BCUT2D eigenvalue weighted by Crippen LogP contribution is -2.34. The first-order valence-corrected chi connectivity index (χ1v) is 8.41. The SMILES string of the molecule is CC(C)C1=C(C(C)C)C(C(C)C)CS(=O)(=O)C1. The molecule has 0 aromatic carbocycles. The van der Waals surface area contributed by atoms with Crippen LogP contribution in [0.25, 0.3) is 0 Å². The second-order valence-electron chi connectivity index (χ2n) is 6.20. The maximum absolute atomic E-state index is 12.0. The first-order valence-electron chi connectivity index (χ1n) is 6.59. The van der Waals surface area contributed by atoms with E-state index in [0.717, 1.165) is 0 Å². The summed E-state index contributed by atoms with van der Waals surface area (Å²) in [6, 6.07) is 0. The minimum absolute atomic E-state index is 0.214. The fourth-order valence-electron chi connectivity index (χ4n) is 2.83. The molecule has 0 bridgehead atoms. The third-order valence-electron chi connectivity index (χ3n) is 3.70. The smallest absolute Gasteiger partial charge is 0.154 e. The topological polar surface area (TPSA) is 34.1 Å². The molecule has 0 aromatic heterocycles. The van der Waals surface area contributed by atoms with Crippen LogP contribution in [0.2, 0.25) is 0 Å². The molecule has 0 N–H and O–H groups in total. The molecule has 1 aliphatic rings. The fourth-order valence-corrected chi connectivity index (χ4v) is 5.03. The van der Waals surface area contributed by atoms with Crippen molar-refractivity contribution in [3.63, 3.8) is 0 Å². The van der Waals surface area contributed by atoms with Crippen LogP contribution in [0.15, 0.2) is 11.1 Å². The van der Waals surface area contributed by atoms with E-state index in [0.29, 0.717) is 23.5 Å². The molecule has 0 aromatic rings. The van der Waals surface area contributed by atoms with Gasteiger partial charge in [-0.1, -0.05) is 52.7 Å². The average Bonchev–Trinajstić information content (AvgIpc) is 2.14. The normalized spacial score (nSPS) is 25.1. The fraction of sp³-hybridized carbons (Fsp3) is 0.857. The molecule has 0 radical (unpaired) electrons. The maximum Gasteiger partial charge on any atom is 0.154 e. The van der Waals surface area contributed by atoms with Crippen molar-refractivity contribution in [1.29, 1.82) is 0 Å². The number of sulfone groups is 1. The lowest BCUT2D eigenvalue weighted by Gasteiger charge is -2.35. The van der Waals surface area contributed by atoms with Gasteiger partial charge in [-0.2, -0.15) is 0 Å². The highest BCUT2D eigenvalue weighted by atomic mass is 32.2. The minimum Gasteiger partial charge on any atom is -0.228 e. The summed E-state index contributed by atoms with van der Waals surface area (Å²) in [6.07, 6.45) is 0. The lowest BCUT2D eigenvalue weighted by molar-refractivity contribution is 0.423. The molecule has 0 saturated heterocycles. The van der Waals surface area contributed by atoms with Crippen molar-refractivity contribution in [3.8, 4) is 0 Å². The second kappa shape index (κ2) is 5.13. The molecule has 2 nitrogen and oxygen atoms in total. The largest absolute Gasteiger partial charge is 0.228 e. The first kappa shape index (κ1) is 14.7. The molecule has 0 saturated carbocycles. The molecule has 1 unspecified atom stereocenters. The Kier molecular flexibility index (Phi) is 4.45. The van der Waals surface area contributed by atoms with Crippen LogP contribution < -0.4 is 0 Å². The molecule has 1 atom stereocenters. The number of hydrogen-bond donors (Lipinski definition) is 0. The molecule has 1 rings (SSSR count). The summed E-state index contributed by atoms with van der Waals surface area (Å²) < 4.78 is 24.0. The zero-order valence-electron chi connectivity index (χ0n) is 11.9. The average molecular weight is 258 g/mol. The van der Waals surface area contributed by atoms with Gasteiger partial charge in [-0.05, 0) is 23.7 Å². The summed E-state index contributed by atoms with van der Waals surface area (Å²) in [5, 5.41) is 0. The van der Waals surface area contributed by atoms with E-state index in [4.69, 9.17) is 0 Å². The molecule has 0 amide bonds. The maximum atomic E-state index is 12.0. The van der Waals surface area contributed by atoms with Crippen LogP contribution in [0.3, 0.4) is 0 Å².